The summed E-state index contributed by atoms with van der Waals surface area (Å²) in [5, 5.41) is 2.88. The molecule has 1 rings (SSSR count). The number of amides is 1. The number of rotatable bonds is 12. The van der Waals surface area contributed by atoms with E-state index in [1.807, 2.05) is 19.9 Å². The van der Waals surface area contributed by atoms with Gasteiger partial charge >= 0.3 is 0 Å². The van der Waals surface area contributed by atoms with Crippen molar-refractivity contribution in [3.05, 3.63) is 36.4 Å². The van der Waals surface area contributed by atoms with E-state index in [9.17, 15) is 4.79 Å². The lowest BCUT2D eigenvalue weighted by Crippen LogP contribution is -2.18. The molecule has 1 unspecified atom stereocenters. The number of benzene rings is 1. The number of thioether (sulfide) groups is 1. The van der Waals surface area contributed by atoms with E-state index in [0.717, 1.165) is 29.3 Å². The maximum Gasteiger partial charge on any atom is 0.204 e. The largest absolute Gasteiger partial charge is 0.372 e. The molecule has 7 nitrogen and oxygen atoms in total. The number of nitrogens with zero attached hydrogens (tertiary/aromatic N) is 1. The molecule has 5 N–H and O–H groups in total. The number of carbonyl (C=O) groups excluding carboxylic acids is 3. The quantitative estimate of drug-likeness (QED) is 0.115. The number of aldehydes is 1. The number of carbonyl (C=O) groups is 3. The number of hydrogen-bond donors (Lipinski definition) is 3. The summed E-state index contributed by atoms with van der Waals surface area (Å²) in [4.78, 5) is 34.3. The number of likely N-dealkylation sites (N-methyl/N-ethyl adjacent to an activating group) is 1. The van der Waals surface area contributed by atoms with Gasteiger partial charge in [0.05, 0.1) is 12.2 Å². The summed E-state index contributed by atoms with van der Waals surface area (Å²) in [7, 11) is 1.80. The molecule has 0 saturated carbocycles. The number of nitrogens with one attached hydrogen (secondary N) is 1. The molecule has 1 amide bonds. The van der Waals surface area contributed by atoms with E-state index < -0.39 is 0 Å². The van der Waals surface area contributed by atoms with Crippen molar-refractivity contribution in [2.24, 2.45) is 22.4 Å². The molecule has 0 bridgehead atoms. The molecule has 0 fully saturated rings. The monoisotopic (exact) mass is 510 g/mol. The first-order valence-corrected chi connectivity index (χ1v) is 13.0. The summed E-state index contributed by atoms with van der Waals surface area (Å²) in [6, 6.07) is 6.32. The van der Waals surface area contributed by atoms with Gasteiger partial charge in [-0.15, -0.1) is 11.8 Å². The van der Waals surface area contributed by atoms with Crippen LogP contribution in [0.25, 0.3) is 0 Å². The molecule has 0 spiro atoms. The Kier molecular flexibility index (Phi) is 36.2. The lowest BCUT2D eigenvalue weighted by molar-refractivity contribution is -0.118. The van der Waals surface area contributed by atoms with Crippen molar-refractivity contribution < 1.29 is 14.4 Å². The number of ketones is 1. The fourth-order valence-electron chi connectivity index (χ4n) is 2.04. The van der Waals surface area contributed by atoms with Crippen molar-refractivity contribution in [2.75, 3.05) is 25.9 Å². The predicted octanol–water partition coefficient (Wildman–Crippen LogP) is 5.29. The maximum absolute atomic E-state index is 11.4. The van der Waals surface area contributed by atoms with Crippen LogP contribution in [0, 0.1) is 5.92 Å². The number of hydrogen-bond acceptors (Lipinski definition) is 7. The van der Waals surface area contributed by atoms with Gasteiger partial charge in [0.2, 0.25) is 6.41 Å². The highest BCUT2D eigenvalue weighted by Gasteiger charge is 2.07. The predicted molar refractivity (Wildman–Crippen MR) is 155 cm³/mol. The third-order valence-corrected chi connectivity index (χ3v) is 5.38. The van der Waals surface area contributed by atoms with Crippen LogP contribution in [0.2, 0.25) is 0 Å². The second kappa shape index (κ2) is 31.7. The molecule has 0 aliphatic rings. The van der Waals surface area contributed by atoms with Crippen LogP contribution < -0.4 is 16.8 Å². The molecule has 0 saturated heterocycles. The summed E-state index contributed by atoms with van der Waals surface area (Å²) in [5.74, 6) is 2.42. The number of nitrogens with two attached hydrogens (primary N) is 2. The van der Waals surface area contributed by atoms with Crippen LogP contribution in [0.1, 0.15) is 72.3 Å². The van der Waals surface area contributed by atoms with Crippen LogP contribution in [0.3, 0.4) is 0 Å². The first kappa shape index (κ1) is 39.9. The zero-order valence-corrected chi connectivity index (χ0v) is 23.8. The fraction of sp³-hybridized carbons (Fsp3) is 0.556. The average Bonchev–Trinajstić information content (AvgIpc) is 2.88. The van der Waals surface area contributed by atoms with Crippen molar-refractivity contribution in [3.63, 3.8) is 0 Å². The standard InChI is InChI=1S/C16H24N2OS.C5H13N.C3H4O.C2H6.CH3NO/c1-12(2)13-7-8-15(18-4)16(10-13)20-9-5-6-14(19)11-17-3;1-3-5(2)4-6;1-2-3-4;1-2;2-1-3/h7-8,10,12,17H,4-6,9,11H2,1-3H3;5H,3-4,6H2,1-2H3;2-3H,1H2;1-2H3;1H,(H2,2,3). The molecule has 0 heterocycles. The summed E-state index contributed by atoms with van der Waals surface area (Å²) in [6.45, 7) is 20.7. The fourth-order valence-corrected chi connectivity index (χ4v) is 3.05. The minimum atomic E-state index is 0.250. The van der Waals surface area contributed by atoms with Gasteiger partial charge in [-0.25, -0.2) is 0 Å². The first-order valence-electron chi connectivity index (χ1n) is 12.0. The van der Waals surface area contributed by atoms with Gasteiger partial charge in [0, 0.05) is 11.3 Å². The summed E-state index contributed by atoms with van der Waals surface area (Å²) in [5.41, 5.74) is 11.7. The van der Waals surface area contributed by atoms with Crippen LogP contribution >= 0.6 is 11.8 Å². The van der Waals surface area contributed by atoms with Gasteiger partial charge in [-0.2, -0.15) is 0 Å². The number of allylic oxidation sites excluding steroid dienone is 1. The van der Waals surface area contributed by atoms with E-state index in [2.05, 4.69) is 69.2 Å². The highest BCUT2D eigenvalue weighted by molar-refractivity contribution is 7.99. The third kappa shape index (κ3) is 27.8. The molecule has 8 heteroatoms. The van der Waals surface area contributed by atoms with E-state index in [4.69, 9.17) is 15.3 Å². The van der Waals surface area contributed by atoms with Crippen LogP contribution in [0.15, 0.2) is 40.7 Å². The average molecular weight is 511 g/mol. The summed E-state index contributed by atoms with van der Waals surface area (Å²) < 4.78 is 0. The van der Waals surface area contributed by atoms with Crippen molar-refractivity contribution in [1.82, 2.24) is 5.32 Å². The topological polar surface area (TPSA) is 128 Å². The van der Waals surface area contributed by atoms with Crippen LogP contribution in [-0.2, 0) is 14.4 Å². The smallest absolute Gasteiger partial charge is 0.204 e. The Labute approximate surface area is 218 Å². The Morgan fingerprint density at radius 3 is 2.11 bits per heavy atom. The highest BCUT2D eigenvalue weighted by Crippen LogP contribution is 2.32. The molecule has 202 valence electrons. The number of Topliss-reactive ketones (excluding diaryl/α,β-unsaturated/α-hetero) is 1. The highest BCUT2D eigenvalue weighted by atomic mass is 32.2. The maximum atomic E-state index is 11.4. The van der Waals surface area contributed by atoms with E-state index in [0.29, 0.717) is 31.1 Å². The van der Waals surface area contributed by atoms with E-state index in [1.165, 1.54) is 18.1 Å². The molecule has 0 radical (unpaired) electrons. The molecule has 1 aromatic carbocycles. The van der Waals surface area contributed by atoms with Crippen molar-refractivity contribution >= 4 is 42.6 Å². The number of aliphatic imine (C=N–C) groups is 1. The summed E-state index contributed by atoms with van der Waals surface area (Å²) >= 11 is 1.76. The Morgan fingerprint density at radius 1 is 1.23 bits per heavy atom. The summed E-state index contributed by atoms with van der Waals surface area (Å²) in [6.07, 6.45) is 4.82. The minimum absolute atomic E-state index is 0.250. The minimum Gasteiger partial charge on any atom is -0.372 e. The zero-order valence-electron chi connectivity index (χ0n) is 23.0. The zero-order chi connectivity index (χ0) is 28.1. The molecule has 0 aliphatic heterocycles. The second-order valence-corrected chi connectivity index (χ2v) is 8.45. The second-order valence-electron chi connectivity index (χ2n) is 7.32. The SMILES string of the molecule is C=CC=O.C=Nc1ccc(C(C)C)cc1SCCCC(=O)CNC.CC.CCC(C)CN.NC=O. The van der Waals surface area contributed by atoms with Gasteiger partial charge in [-0.1, -0.05) is 60.6 Å². The van der Waals surface area contributed by atoms with Crippen molar-refractivity contribution in [3.8, 4) is 0 Å². The van der Waals surface area contributed by atoms with E-state index in [1.54, 1.807) is 18.8 Å². The lowest BCUT2D eigenvalue weighted by Gasteiger charge is -2.10. The van der Waals surface area contributed by atoms with E-state index in [-0.39, 0.29) is 12.2 Å². The van der Waals surface area contributed by atoms with Gasteiger partial charge in [0.1, 0.15) is 12.1 Å². The molecule has 0 aliphatic carbocycles. The van der Waals surface area contributed by atoms with Crippen LogP contribution in [0.5, 0.6) is 0 Å². The first-order chi connectivity index (χ1) is 16.7. The van der Waals surface area contributed by atoms with Gasteiger partial charge in [-0.3, -0.25) is 19.4 Å². The Morgan fingerprint density at radius 2 is 1.77 bits per heavy atom. The van der Waals surface area contributed by atoms with Crippen molar-refractivity contribution in [2.45, 2.75) is 71.6 Å². The Bertz CT molecular complexity index is 658. The lowest BCUT2D eigenvalue weighted by atomic mass is 10.0. The normalized spacial score (nSPS) is 9.74. The van der Waals surface area contributed by atoms with Crippen molar-refractivity contribution in [1.29, 1.82) is 0 Å². The molecular weight excluding hydrogens is 460 g/mol. The molecule has 0 aromatic heterocycles. The van der Waals surface area contributed by atoms with E-state index >= 15 is 0 Å². The molecule has 1 aromatic rings. The molecular formula is C27H50N4O3S. The van der Waals surface area contributed by atoms with Gasteiger partial charge in [-0.05, 0) is 68.1 Å². The van der Waals surface area contributed by atoms with Gasteiger partial charge in [0.25, 0.3) is 0 Å². The molecule has 1 atom stereocenters. The third-order valence-electron chi connectivity index (χ3n) is 4.25. The Balaban J connectivity index is -0.000000263. The Hall–Kier alpha value is -2.29. The van der Waals surface area contributed by atoms with Crippen LogP contribution in [0.4, 0.5) is 5.69 Å². The van der Waals surface area contributed by atoms with Crippen LogP contribution in [-0.4, -0.2) is 51.1 Å². The van der Waals surface area contributed by atoms with Gasteiger partial charge in [0.15, 0.2) is 0 Å². The molecule has 35 heavy (non-hydrogen) atoms. The number of primary amides is 1. The van der Waals surface area contributed by atoms with Gasteiger partial charge < -0.3 is 16.8 Å².